The van der Waals surface area contributed by atoms with Crippen molar-refractivity contribution >= 4 is 24.0 Å². The fourth-order valence-electron chi connectivity index (χ4n) is 2.69. The van der Waals surface area contributed by atoms with Gasteiger partial charge < -0.3 is 24.7 Å². The first kappa shape index (κ1) is 21.7. The molecular formula is C18H22N4O7. The Kier molecular flexibility index (Phi) is 6.75. The predicted molar refractivity (Wildman–Crippen MR) is 102 cm³/mol. The van der Waals surface area contributed by atoms with Crippen molar-refractivity contribution in [3.05, 3.63) is 49.9 Å². The molecule has 0 saturated heterocycles. The minimum atomic E-state index is -0.808. The number of amides is 2. The number of aryl methyl sites for hydroxylation is 1. The van der Waals surface area contributed by atoms with Crippen molar-refractivity contribution in [2.75, 3.05) is 13.2 Å². The summed E-state index contributed by atoms with van der Waals surface area (Å²) in [6, 6.07) is -1.17. The summed E-state index contributed by atoms with van der Waals surface area (Å²) in [4.78, 5) is 59.5. The molecule has 1 unspecified atom stereocenters. The topological polar surface area (TPSA) is 138 Å². The summed E-state index contributed by atoms with van der Waals surface area (Å²) < 4.78 is 12.2. The zero-order valence-corrected chi connectivity index (χ0v) is 16.5. The third-order valence-electron chi connectivity index (χ3n) is 4.10. The summed E-state index contributed by atoms with van der Waals surface area (Å²) in [5, 5.41) is 4.96. The highest BCUT2D eigenvalue weighted by Gasteiger charge is 2.30. The second-order valence-electron chi connectivity index (χ2n) is 6.22. The Morgan fingerprint density at radius 3 is 2.55 bits per heavy atom. The average Bonchev–Trinajstić information content (AvgIpc) is 2.66. The quantitative estimate of drug-likeness (QED) is 0.464. The molecule has 29 heavy (non-hydrogen) atoms. The number of urea groups is 1. The monoisotopic (exact) mass is 406 g/mol. The minimum absolute atomic E-state index is 0.111. The minimum Gasteiger partial charge on any atom is -0.463 e. The third kappa shape index (κ3) is 5.00. The van der Waals surface area contributed by atoms with E-state index in [-0.39, 0.29) is 30.0 Å². The molecule has 0 fully saturated rings. The van der Waals surface area contributed by atoms with Crippen molar-refractivity contribution in [3.63, 3.8) is 0 Å². The average molecular weight is 406 g/mol. The smallest absolute Gasteiger partial charge is 0.338 e. The molecule has 0 spiro atoms. The van der Waals surface area contributed by atoms with Crippen molar-refractivity contribution in [2.45, 2.75) is 19.9 Å². The molecule has 1 aromatic rings. The van der Waals surface area contributed by atoms with Crippen LogP contribution in [0.5, 0.6) is 0 Å². The predicted octanol–water partition coefficient (Wildman–Crippen LogP) is -0.841. The molecule has 0 saturated carbocycles. The first-order valence-corrected chi connectivity index (χ1v) is 8.74. The summed E-state index contributed by atoms with van der Waals surface area (Å²) in [6.45, 7) is 3.02. The lowest BCUT2D eigenvalue weighted by Crippen LogP contribution is -2.50. The first-order valence-electron chi connectivity index (χ1n) is 8.74. The van der Waals surface area contributed by atoms with E-state index in [0.717, 1.165) is 10.6 Å². The van der Waals surface area contributed by atoms with Crippen LogP contribution >= 0.6 is 0 Å². The van der Waals surface area contributed by atoms with Gasteiger partial charge in [0.2, 0.25) is 0 Å². The van der Waals surface area contributed by atoms with Crippen LogP contribution in [-0.2, 0) is 33.2 Å². The van der Waals surface area contributed by atoms with Crippen LogP contribution < -0.4 is 21.9 Å². The Morgan fingerprint density at radius 2 is 1.90 bits per heavy atom. The summed E-state index contributed by atoms with van der Waals surface area (Å²) in [5.41, 5.74) is -0.691. The summed E-state index contributed by atoms with van der Waals surface area (Å²) in [5.74, 6) is -1.44. The Bertz CT molecular complexity index is 1020. The second kappa shape index (κ2) is 9.04. The number of esters is 2. The van der Waals surface area contributed by atoms with E-state index in [1.807, 2.05) is 0 Å². The maximum atomic E-state index is 12.1. The lowest BCUT2D eigenvalue weighted by atomic mass is 10.0. The van der Waals surface area contributed by atoms with Crippen molar-refractivity contribution in [3.8, 4) is 0 Å². The zero-order valence-electron chi connectivity index (χ0n) is 16.5. The molecule has 0 radical (unpaired) electrons. The van der Waals surface area contributed by atoms with Crippen LogP contribution in [0.3, 0.4) is 0 Å². The van der Waals surface area contributed by atoms with E-state index in [4.69, 9.17) is 9.47 Å². The van der Waals surface area contributed by atoms with Gasteiger partial charge in [0.1, 0.15) is 6.61 Å². The molecule has 11 nitrogen and oxygen atoms in total. The van der Waals surface area contributed by atoms with E-state index in [1.165, 1.54) is 30.9 Å². The molecule has 0 aliphatic carbocycles. The van der Waals surface area contributed by atoms with Gasteiger partial charge in [-0.25, -0.2) is 19.2 Å². The highest BCUT2D eigenvalue weighted by Crippen LogP contribution is 2.14. The van der Waals surface area contributed by atoms with Crippen molar-refractivity contribution in [1.82, 2.24) is 19.8 Å². The van der Waals surface area contributed by atoms with Gasteiger partial charge in [-0.2, -0.15) is 0 Å². The molecule has 156 valence electrons. The fraction of sp³-hybridized carbons (Fsp3) is 0.389. The van der Waals surface area contributed by atoms with E-state index in [0.29, 0.717) is 0 Å². The molecule has 0 aromatic carbocycles. The lowest BCUT2D eigenvalue weighted by molar-refractivity contribution is -0.140. The number of carbonyl (C=O) groups excluding carboxylic acids is 3. The molecule has 2 amide bonds. The maximum absolute atomic E-state index is 12.1. The van der Waals surface area contributed by atoms with Crippen LogP contribution in [0.1, 0.15) is 19.4 Å². The van der Waals surface area contributed by atoms with E-state index in [9.17, 15) is 24.0 Å². The first-order chi connectivity index (χ1) is 13.6. The van der Waals surface area contributed by atoms with E-state index < -0.39 is 35.3 Å². The number of aromatic nitrogens is 2. The van der Waals surface area contributed by atoms with Crippen LogP contribution in [0, 0.1) is 0 Å². The van der Waals surface area contributed by atoms with Gasteiger partial charge in [0.15, 0.2) is 0 Å². The van der Waals surface area contributed by atoms with Gasteiger partial charge in [0, 0.05) is 26.4 Å². The van der Waals surface area contributed by atoms with Gasteiger partial charge in [-0.05, 0) is 19.9 Å². The number of rotatable bonds is 6. The van der Waals surface area contributed by atoms with Gasteiger partial charge in [-0.3, -0.25) is 9.36 Å². The van der Waals surface area contributed by atoms with E-state index >= 15 is 0 Å². The summed E-state index contributed by atoms with van der Waals surface area (Å²) in [7, 11) is 2.80. The fourth-order valence-corrected chi connectivity index (χ4v) is 2.69. The lowest BCUT2D eigenvalue weighted by Gasteiger charge is -2.26. The Morgan fingerprint density at radius 1 is 1.21 bits per heavy atom. The van der Waals surface area contributed by atoms with Crippen molar-refractivity contribution < 1.29 is 23.9 Å². The second-order valence-corrected chi connectivity index (χ2v) is 6.22. The van der Waals surface area contributed by atoms with Crippen molar-refractivity contribution in [2.24, 2.45) is 14.1 Å². The van der Waals surface area contributed by atoms with Gasteiger partial charge in [0.05, 0.1) is 29.5 Å². The number of hydrogen-bond acceptors (Lipinski definition) is 7. The molecule has 2 heterocycles. The van der Waals surface area contributed by atoms with Gasteiger partial charge in [-0.1, -0.05) is 0 Å². The highest BCUT2D eigenvalue weighted by atomic mass is 16.5. The standard InChI is InChI=1S/C18H22N4O7/c1-5-28-16(25)14-10(2)19-17(26)20-12(14)9-29-13(23)7-6-11-8-21(3)18(27)22(4)15(11)24/h6-8,10H,5,9H2,1-4H3,(H2,19,20,26)/b7-6+. The Balaban J connectivity index is 2.16. The number of carbonyl (C=O) groups is 3. The van der Waals surface area contributed by atoms with E-state index in [2.05, 4.69) is 10.6 Å². The molecule has 1 atom stereocenters. The van der Waals surface area contributed by atoms with Gasteiger partial charge >= 0.3 is 23.7 Å². The van der Waals surface area contributed by atoms with Crippen LogP contribution in [0.4, 0.5) is 4.79 Å². The number of nitrogens with one attached hydrogen (secondary N) is 2. The van der Waals surface area contributed by atoms with E-state index in [1.54, 1.807) is 13.8 Å². The number of nitrogens with zero attached hydrogens (tertiary/aromatic N) is 2. The highest BCUT2D eigenvalue weighted by molar-refractivity contribution is 5.95. The summed E-state index contributed by atoms with van der Waals surface area (Å²) >= 11 is 0. The van der Waals surface area contributed by atoms with Gasteiger partial charge in [0.25, 0.3) is 5.56 Å². The number of ether oxygens (including phenoxy) is 2. The maximum Gasteiger partial charge on any atom is 0.338 e. The Labute approximate surface area is 165 Å². The molecule has 1 aliphatic heterocycles. The molecule has 2 N–H and O–H groups in total. The van der Waals surface area contributed by atoms with Crippen LogP contribution in [0.15, 0.2) is 33.1 Å². The van der Waals surface area contributed by atoms with Crippen LogP contribution in [0.25, 0.3) is 6.08 Å². The van der Waals surface area contributed by atoms with Gasteiger partial charge in [-0.15, -0.1) is 0 Å². The SMILES string of the molecule is CCOC(=O)C1=C(COC(=O)/C=C/c2cn(C)c(=O)n(C)c2=O)NC(=O)NC1C. The molecular weight excluding hydrogens is 384 g/mol. The third-order valence-corrected chi connectivity index (χ3v) is 4.10. The molecule has 11 heteroatoms. The molecule has 1 aliphatic rings. The van der Waals surface area contributed by atoms with Crippen LogP contribution in [0.2, 0.25) is 0 Å². The van der Waals surface area contributed by atoms with Crippen LogP contribution in [-0.4, -0.2) is 46.4 Å². The molecule has 1 aromatic heterocycles. The normalized spacial score (nSPS) is 16.4. The molecule has 0 bridgehead atoms. The number of hydrogen-bond donors (Lipinski definition) is 2. The zero-order chi connectivity index (χ0) is 21.7. The van der Waals surface area contributed by atoms with Crippen molar-refractivity contribution in [1.29, 1.82) is 0 Å². The summed E-state index contributed by atoms with van der Waals surface area (Å²) in [6.07, 6.45) is 3.52. The Hall–Kier alpha value is -3.63. The molecule has 2 rings (SSSR count). The largest absolute Gasteiger partial charge is 0.463 e.